The monoisotopic (exact) mass is 193 g/mol. The first-order valence-electron chi connectivity index (χ1n) is 4.56. The van der Waals surface area contributed by atoms with E-state index < -0.39 is 8.25 Å². The quantitative estimate of drug-likeness (QED) is 0.476. The molecule has 12 heavy (non-hydrogen) atoms. The van der Waals surface area contributed by atoms with Crippen LogP contribution in [0.5, 0.6) is 0 Å². The molecule has 73 valence electrons. The van der Waals surface area contributed by atoms with E-state index in [-0.39, 0.29) is 0 Å². The standard InChI is InChI=1S/C8H18O3P/c1-2-3-4-5-6-7-8-11-12(9)10/h2-8H2,1H3,(H,9,10). The van der Waals surface area contributed by atoms with E-state index >= 15 is 0 Å². The third-order valence-electron chi connectivity index (χ3n) is 1.70. The minimum absolute atomic E-state index is 0.415. The summed E-state index contributed by atoms with van der Waals surface area (Å²) in [6.07, 6.45) is 7.00. The molecule has 4 heteroatoms. The highest BCUT2D eigenvalue weighted by Gasteiger charge is 1.94. The van der Waals surface area contributed by atoms with Crippen molar-refractivity contribution in [1.29, 1.82) is 0 Å². The molecule has 0 aromatic carbocycles. The van der Waals surface area contributed by atoms with Gasteiger partial charge in [-0.15, -0.1) is 0 Å². The Kier molecular flexibility index (Phi) is 9.13. The molecule has 0 fully saturated rings. The Balaban J connectivity index is 2.86. The van der Waals surface area contributed by atoms with Crippen LogP contribution < -0.4 is 0 Å². The summed E-state index contributed by atoms with van der Waals surface area (Å²) in [5, 5.41) is 0. The predicted molar refractivity (Wildman–Crippen MR) is 49.2 cm³/mol. The molecule has 1 atom stereocenters. The van der Waals surface area contributed by atoms with Crippen LogP contribution in [0, 0.1) is 0 Å². The molecule has 0 saturated carbocycles. The van der Waals surface area contributed by atoms with Gasteiger partial charge < -0.3 is 0 Å². The summed E-state index contributed by atoms with van der Waals surface area (Å²) >= 11 is 0. The van der Waals surface area contributed by atoms with E-state index in [1.807, 2.05) is 0 Å². The summed E-state index contributed by atoms with van der Waals surface area (Å²) in [5.74, 6) is 0. The average molecular weight is 193 g/mol. The van der Waals surface area contributed by atoms with Crippen molar-refractivity contribution in [2.45, 2.75) is 45.4 Å². The van der Waals surface area contributed by atoms with Gasteiger partial charge in [0.25, 0.3) is 0 Å². The first-order chi connectivity index (χ1) is 5.77. The van der Waals surface area contributed by atoms with Crippen molar-refractivity contribution in [3.05, 3.63) is 0 Å². The fourth-order valence-electron chi connectivity index (χ4n) is 1.03. The highest BCUT2D eigenvalue weighted by molar-refractivity contribution is 7.32. The van der Waals surface area contributed by atoms with Crippen molar-refractivity contribution in [2.75, 3.05) is 6.61 Å². The van der Waals surface area contributed by atoms with Gasteiger partial charge in [0.15, 0.2) is 0 Å². The number of hydrogen-bond donors (Lipinski definition) is 1. The first kappa shape index (κ1) is 12.0. The largest absolute Gasteiger partial charge is 0.366 e. The van der Waals surface area contributed by atoms with E-state index in [9.17, 15) is 4.57 Å². The number of rotatable bonds is 8. The zero-order valence-corrected chi connectivity index (χ0v) is 8.56. The Morgan fingerprint density at radius 2 is 1.75 bits per heavy atom. The van der Waals surface area contributed by atoms with E-state index in [2.05, 4.69) is 11.4 Å². The van der Waals surface area contributed by atoms with Gasteiger partial charge in [-0.3, -0.25) is 9.42 Å². The minimum atomic E-state index is -2.38. The molecular formula is C8H18O3P. The third kappa shape index (κ3) is 10.0. The lowest BCUT2D eigenvalue weighted by Gasteiger charge is -1.99. The van der Waals surface area contributed by atoms with E-state index in [0.29, 0.717) is 6.61 Å². The summed E-state index contributed by atoms with van der Waals surface area (Å²) in [6.45, 7) is 2.59. The second-order valence-electron chi connectivity index (χ2n) is 2.84. The van der Waals surface area contributed by atoms with Crippen LogP contribution in [0.3, 0.4) is 0 Å². The van der Waals surface area contributed by atoms with Crippen molar-refractivity contribution in [3.63, 3.8) is 0 Å². The van der Waals surface area contributed by atoms with Crippen molar-refractivity contribution >= 4 is 8.25 Å². The van der Waals surface area contributed by atoms with Crippen LogP contribution in [-0.4, -0.2) is 11.5 Å². The van der Waals surface area contributed by atoms with E-state index in [1.54, 1.807) is 0 Å². The lowest BCUT2D eigenvalue weighted by molar-refractivity contribution is 0.273. The highest BCUT2D eigenvalue weighted by atomic mass is 31.1. The number of hydrogen-bond acceptors (Lipinski definition) is 2. The molecule has 0 amide bonds. The van der Waals surface area contributed by atoms with Crippen molar-refractivity contribution < 1.29 is 14.0 Å². The number of unbranched alkanes of at least 4 members (excludes halogenated alkanes) is 5. The van der Waals surface area contributed by atoms with Crippen molar-refractivity contribution in [3.8, 4) is 0 Å². The van der Waals surface area contributed by atoms with Crippen molar-refractivity contribution in [2.24, 2.45) is 0 Å². The van der Waals surface area contributed by atoms with Crippen LogP contribution in [0.1, 0.15) is 45.4 Å². The molecule has 0 aromatic rings. The summed E-state index contributed by atoms with van der Waals surface area (Å²) in [4.78, 5) is 8.28. The van der Waals surface area contributed by atoms with Crippen molar-refractivity contribution in [1.82, 2.24) is 0 Å². The molecule has 0 saturated heterocycles. The molecule has 3 nitrogen and oxygen atoms in total. The van der Waals surface area contributed by atoms with E-state index in [1.165, 1.54) is 25.7 Å². The van der Waals surface area contributed by atoms with Crippen LogP contribution in [0.25, 0.3) is 0 Å². The Labute approximate surface area is 75.1 Å². The SMILES string of the molecule is CCCCCCCCO[P](=O)O. The molecule has 1 N–H and O–H groups in total. The van der Waals surface area contributed by atoms with Crippen LogP contribution >= 0.6 is 8.25 Å². The van der Waals surface area contributed by atoms with Gasteiger partial charge in [-0.2, -0.15) is 0 Å². The molecule has 0 aliphatic rings. The summed E-state index contributed by atoms with van der Waals surface area (Å²) < 4.78 is 14.6. The first-order valence-corrected chi connectivity index (χ1v) is 5.69. The topological polar surface area (TPSA) is 46.5 Å². The van der Waals surface area contributed by atoms with Crippen LogP contribution in [-0.2, 0) is 9.09 Å². The van der Waals surface area contributed by atoms with Gasteiger partial charge in [0.2, 0.25) is 0 Å². The minimum Gasteiger partial charge on any atom is -0.298 e. The third-order valence-corrected chi connectivity index (χ3v) is 2.10. The van der Waals surface area contributed by atoms with Gasteiger partial charge in [0, 0.05) is 0 Å². The molecule has 0 heterocycles. The van der Waals surface area contributed by atoms with Gasteiger partial charge in [0.05, 0.1) is 6.61 Å². The predicted octanol–water partition coefficient (Wildman–Crippen LogP) is 3.01. The molecule has 0 aliphatic heterocycles. The molecule has 0 spiro atoms. The molecule has 1 unspecified atom stereocenters. The molecule has 0 aromatic heterocycles. The van der Waals surface area contributed by atoms with Gasteiger partial charge in [-0.25, -0.2) is 4.57 Å². The average Bonchev–Trinajstić information content (AvgIpc) is 2.02. The fraction of sp³-hybridized carbons (Fsp3) is 1.00. The molecule has 0 bridgehead atoms. The van der Waals surface area contributed by atoms with Gasteiger partial charge in [-0.05, 0) is 6.42 Å². The maximum absolute atomic E-state index is 10.1. The van der Waals surface area contributed by atoms with Crippen LogP contribution in [0.4, 0.5) is 0 Å². The molecule has 0 rings (SSSR count). The summed E-state index contributed by atoms with van der Waals surface area (Å²) in [6, 6.07) is 0. The van der Waals surface area contributed by atoms with E-state index in [4.69, 9.17) is 4.89 Å². The summed E-state index contributed by atoms with van der Waals surface area (Å²) in [5.41, 5.74) is 0. The molecular weight excluding hydrogens is 175 g/mol. The summed E-state index contributed by atoms with van der Waals surface area (Å²) in [7, 11) is -2.38. The Morgan fingerprint density at radius 1 is 1.17 bits per heavy atom. The van der Waals surface area contributed by atoms with Crippen LogP contribution in [0.2, 0.25) is 0 Å². The van der Waals surface area contributed by atoms with Gasteiger partial charge in [-0.1, -0.05) is 39.0 Å². The smallest absolute Gasteiger partial charge is 0.298 e. The fourth-order valence-corrected chi connectivity index (χ4v) is 1.31. The lowest BCUT2D eigenvalue weighted by atomic mass is 10.1. The Bertz CT molecular complexity index is 117. The normalized spacial score (nSPS) is 11.7. The Morgan fingerprint density at radius 3 is 2.33 bits per heavy atom. The maximum atomic E-state index is 10.1. The maximum Gasteiger partial charge on any atom is 0.366 e. The zero-order valence-electron chi connectivity index (χ0n) is 7.66. The molecule has 1 radical (unpaired) electrons. The zero-order chi connectivity index (χ0) is 9.23. The second-order valence-corrected chi connectivity index (χ2v) is 3.57. The Hall–Kier alpha value is 0.0200. The van der Waals surface area contributed by atoms with Crippen LogP contribution in [0.15, 0.2) is 0 Å². The van der Waals surface area contributed by atoms with Gasteiger partial charge in [0.1, 0.15) is 0 Å². The lowest BCUT2D eigenvalue weighted by Crippen LogP contribution is -1.86. The highest BCUT2D eigenvalue weighted by Crippen LogP contribution is 2.15. The second kappa shape index (κ2) is 9.11. The van der Waals surface area contributed by atoms with E-state index in [0.717, 1.165) is 12.8 Å². The van der Waals surface area contributed by atoms with Gasteiger partial charge >= 0.3 is 8.25 Å². The molecule has 0 aliphatic carbocycles.